The van der Waals surface area contributed by atoms with Crippen molar-refractivity contribution in [2.24, 2.45) is 0 Å². The highest BCUT2D eigenvalue weighted by Crippen LogP contribution is 2.44. The molecule has 7 nitrogen and oxygen atoms in total. The molecule has 0 bridgehead atoms. The molecule has 162 valence electrons. The number of aromatic nitrogens is 2. The number of hydrogen-bond acceptors (Lipinski definition) is 6. The SMILES string of the molecule is COc1cc(OC)cc(Sc2c(C3CC3)c(=O)[nH]c(=O)n2COCc2ccccc2)c1. The highest BCUT2D eigenvalue weighted by molar-refractivity contribution is 7.99. The summed E-state index contributed by atoms with van der Waals surface area (Å²) in [5.74, 6) is 1.42. The third-order valence-corrected chi connectivity index (χ3v) is 6.15. The van der Waals surface area contributed by atoms with E-state index >= 15 is 0 Å². The van der Waals surface area contributed by atoms with Crippen LogP contribution in [-0.2, 0) is 18.1 Å². The van der Waals surface area contributed by atoms with Crippen molar-refractivity contribution in [2.45, 2.75) is 42.0 Å². The predicted molar refractivity (Wildman–Crippen MR) is 118 cm³/mol. The topological polar surface area (TPSA) is 82.5 Å². The Morgan fingerprint density at radius 1 is 1.03 bits per heavy atom. The van der Waals surface area contributed by atoms with Gasteiger partial charge in [0.15, 0.2) is 0 Å². The molecule has 0 amide bonds. The third kappa shape index (κ3) is 5.03. The molecule has 0 unspecified atom stereocenters. The molecule has 1 aliphatic rings. The molecule has 1 aromatic heterocycles. The summed E-state index contributed by atoms with van der Waals surface area (Å²) < 4.78 is 18.0. The first-order chi connectivity index (χ1) is 15.1. The standard InChI is InChI=1S/C23H24N2O5S/c1-28-17-10-18(29-2)12-19(11-17)31-22-20(16-8-9-16)21(26)24-23(27)25(22)14-30-13-15-6-4-3-5-7-15/h3-7,10-12,16H,8-9,13-14H2,1-2H3,(H,24,26,27). The van der Waals surface area contributed by atoms with E-state index in [1.165, 1.54) is 16.3 Å². The summed E-state index contributed by atoms with van der Waals surface area (Å²) in [6.45, 7) is 0.399. The summed E-state index contributed by atoms with van der Waals surface area (Å²) in [4.78, 5) is 28.6. The van der Waals surface area contributed by atoms with Crippen molar-refractivity contribution in [3.8, 4) is 11.5 Å². The molecule has 4 rings (SSSR count). The minimum absolute atomic E-state index is 0.0354. The molecule has 2 aromatic carbocycles. The van der Waals surface area contributed by atoms with Gasteiger partial charge < -0.3 is 14.2 Å². The number of methoxy groups -OCH3 is 2. The minimum Gasteiger partial charge on any atom is -0.497 e. The highest BCUT2D eigenvalue weighted by atomic mass is 32.2. The Balaban J connectivity index is 1.69. The molecule has 1 heterocycles. The summed E-state index contributed by atoms with van der Waals surface area (Å²) in [7, 11) is 3.17. The first-order valence-corrected chi connectivity index (χ1v) is 10.8. The maximum atomic E-state index is 12.7. The van der Waals surface area contributed by atoms with Gasteiger partial charge in [0.1, 0.15) is 18.2 Å². The van der Waals surface area contributed by atoms with Gasteiger partial charge in [-0.05, 0) is 36.5 Å². The van der Waals surface area contributed by atoms with Crippen LogP contribution in [0.4, 0.5) is 0 Å². The average Bonchev–Trinajstić information content (AvgIpc) is 3.61. The Morgan fingerprint density at radius 3 is 2.32 bits per heavy atom. The van der Waals surface area contributed by atoms with Gasteiger partial charge in [-0.25, -0.2) is 4.79 Å². The van der Waals surface area contributed by atoms with Crippen molar-refractivity contribution in [1.82, 2.24) is 9.55 Å². The van der Waals surface area contributed by atoms with Crippen molar-refractivity contribution < 1.29 is 14.2 Å². The first-order valence-electron chi connectivity index (χ1n) is 9.98. The second-order valence-electron chi connectivity index (χ2n) is 7.29. The van der Waals surface area contributed by atoms with Crippen LogP contribution in [0.2, 0.25) is 0 Å². The molecule has 31 heavy (non-hydrogen) atoms. The van der Waals surface area contributed by atoms with Crippen molar-refractivity contribution in [3.05, 3.63) is 80.5 Å². The van der Waals surface area contributed by atoms with Crippen molar-refractivity contribution in [3.63, 3.8) is 0 Å². The highest BCUT2D eigenvalue weighted by Gasteiger charge is 2.31. The van der Waals surface area contributed by atoms with Crippen LogP contribution >= 0.6 is 11.8 Å². The van der Waals surface area contributed by atoms with E-state index in [2.05, 4.69) is 4.98 Å². The van der Waals surface area contributed by atoms with E-state index in [1.54, 1.807) is 20.3 Å². The Hall–Kier alpha value is -2.97. The van der Waals surface area contributed by atoms with Crippen LogP contribution in [0, 0.1) is 0 Å². The second kappa shape index (κ2) is 9.45. The second-order valence-corrected chi connectivity index (χ2v) is 8.36. The van der Waals surface area contributed by atoms with Crippen LogP contribution in [-0.4, -0.2) is 23.8 Å². The molecular formula is C23H24N2O5S. The van der Waals surface area contributed by atoms with E-state index in [0.717, 1.165) is 23.3 Å². The molecule has 0 radical (unpaired) electrons. The third-order valence-electron chi connectivity index (χ3n) is 5.04. The van der Waals surface area contributed by atoms with Gasteiger partial charge in [-0.1, -0.05) is 42.1 Å². The fourth-order valence-corrected chi connectivity index (χ4v) is 4.50. The van der Waals surface area contributed by atoms with Crippen LogP contribution in [0.15, 0.2) is 68.0 Å². The number of aromatic amines is 1. The Morgan fingerprint density at radius 2 is 1.71 bits per heavy atom. The number of nitrogens with one attached hydrogen (secondary N) is 1. The van der Waals surface area contributed by atoms with Gasteiger partial charge in [0.2, 0.25) is 0 Å². The van der Waals surface area contributed by atoms with E-state index in [4.69, 9.17) is 14.2 Å². The minimum atomic E-state index is -0.486. The van der Waals surface area contributed by atoms with Crippen molar-refractivity contribution >= 4 is 11.8 Å². The largest absolute Gasteiger partial charge is 0.497 e. The predicted octanol–water partition coefficient (Wildman–Crippen LogP) is 3.76. The van der Waals surface area contributed by atoms with Gasteiger partial charge >= 0.3 is 5.69 Å². The number of benzene rings is 2. The average molecular weight is 441 g/mol. The summed E-state index contributed by atoms with van der Waals surface area (Å²) in [5.41, 5.74) is 0.827. The monoisotopic (exact) mass is 440 g/mol. The number of ether oxygens (including phenoxy) is 3. The van der Waals surface area contributed by atoms with E-state index in [-0.39, 0.29) is 18.2 Å². The molecule has 0 spiro atoms. The lowest BCUT2D eigenvalue weighted by Crippen LogP contribution is -2.34. The van der Waals surface area contributed by atoms with E-state index in [1.807, 2.05) is 42.5 Å². The van der Waals surface area contributed by atoms with E-state index < -0.39 is 5.69 Å². The number of H-pyrrole nitrogens is 1. The van der Waals surface area contributed by atoms with Crippen LogP contribution in [0.5, 0.6) is 11.5 Å². The molecule has 1 N–H and O–H groups in total. The molecular weight excluding hydrogens is 416 g/mol. The van der Waals surface area contributed by atoms with E-state index in [9.17, 15) is 9.59 Å². The van der Waals surface area contributed by atoms with Gasteiger partial charge in [0.25, 0.3) is 5.56 Å². The van der Waals surface area contributed by atoms with Crippen LogP contribution in [0.25, 0.3) is 0 Å². The molecule has 1 fully saturated rings. The van der Waals surface area contributed by atoms with Gasteiger partial charge in [-0.2, -0.15) is 0 Å². The number of rotatable bonds is 9. The number of nitrogens with zero attached hydrogens (tertiary/aromatic N) is 1. The summed E-state index contributed by atoms with van der Waals surface area (Å²) in [6.07, 6.45) is 1.86. The maximum Gasteiger partial charge on any atom is 0.331 e. The first kappa shape index (κ1) is 21.3. The number of hydrogen-bond donors (Lipinski definition) is 1. The summed E-state index contributed by atoms with van der Waals surface area (Å²) in [5, 5.41) is 0.597. The fraction of sp³-hybridized carbons (Fsp3) is 0.304. The Bertz CT molecular complexity index is 1150. The maximum absolute atomic E-state index is 12.7. The van der Waals surface area contributed by atoms with Crippen LogP contribution < -0.4 is 20.7 Å². The van der Waals surface area contributed by atoms with E-state index in [0.29, 0.717) is 28.7 Å². The smallest absolute Gasteiger partial charge is 0.331 e. The molecule has 8 heteroatoms. The lowest BCUT2D eigenvalue weighted by molar-refractivity contribution is 0.0550. The molecule has 3 aromatic rings. The van der Waals surface area contributed by atoms with Crippen molar-refractivity contribution in [2.75, 3.05) is 14.2 Å². The quantitative estimate of drug-likeness (QED) is 0.510. The van der Waals surface area contributed by atoms with Gasteiger partial charge in [0, 0.05) is 11.0 Å². The Labute approximate surface area is 184 Å². The van der Waals surface area contributed by atoms with Crippen LogP contribution in [0.1, 0.15) is 29.9 Å². The Kier molecular flexibility index (Phi) is 6.48. The lowest BCUT2D eigenvalue weighted by atomic mass is 10.2. The summed E-state index contributed by atoms with van der Waals surface area (Å²) >= 11 is 1.35. The zero-order valence-corrected chi connectivity index (χ0v) is 18.2. The molecule has 0 atom stereocenters. The van der Waals surface area contributed by atoms with Gasteiger partial charge in [0.05, 0.1) is 31.4 Å². The van der Waals surface area contributed by atoms with Crippen molar-refractivity contribution in [1.29, 1.82) is 0 Å². The molecule has 1 aliphatic carbocycles. The normalized spacial score (nSPS) is 13.2. The molecule has 0 aliphatic heterocycles. The van der Waals surface area contributed by atoms with Gasteiger partial charge in [-0.15, -0.1) is 0 Å². The zero-order chi connectivity index (χ0) is 21.8. The lowest BCUT2D eigenvalue weighted by Gasteiger charge is -2.16. The fourth-order valence-electron chi connectivity index (χ4n) is 3.31. The van der Waals surface area contributed by atoms with Gasteiger partial charge in [-0.3, -0.25) is 14.3 Å². The molecule has 0 saturated heterocycles. The zero-order valence-electron chi connectivity index (χ0n) is 17.4. The van der Waals surface area contributed by atoms with Crippen LogP contribution in [0.3, 0.4) is 0 Å². The molecule has 1 saturated carbocycles. The summed E-state index contributed by atoms with van der Waals surface area (Å²) in [6, 6.07) is 15.2.